The third-order valence-electron chi connectivity index (χ3n) is 4.46. The third-order valence-corrected chi connectivity index (χ3v) is 4.46. The van der Waals surface area contributed by atoms with Crippen LogP contribution in [0, 0.1) is 0 Å². The van der Waals surface area contributed by atoms with Gasteiger partial charge in [-0.15, -0.1) is 0 Å². The van der Waals surface area contributed by atoms with Crippen LogP contribution in [0.4, 0.5) is 5.69 Å². The zero-order chi connectivity index (χ0) is 19.9. The monoisotopic (exact) mass is 382 g/mol. The molecule has 28 heavy (non-hydrogen) atoms. The van der Waals surface area contributed by atoms with Gasteiger partial charge >= 0.3 is 5.69 Å². The molecule has 0 saturated carbocycles. The Bertz CT molecular complexity index is 989. The molecule has 2 aromatic carbocycles. The number of nitrogens with one attached hydrogen (secondary N) is 1. The Hall–Kier alpha value is -3.06. The lowest BCUT2D eigenvalue weighted by molar-refractivity contribution is -0.116. The van der Waals surface area contributed by atoms with Crippen LogP contribution in [0.5, 0.6) is 5.75 Å². The molecule has 0 aliphatic carbocycles. The number of anilines is 1. The van der Waals surface area contributed by atoms with Crippen LogP contribution in [0.2, 0.25) is 0 Å². The zero-order valence-electron chi connectivity index (χ0n) is 16.1. The number of hydrogen-bond acceptors (Lipinski definition) is 4. The molecule has 1 aromatic heterocycles. The van der Waals surface area contributed by atoms with Crippen LogP contribution in [0.25, 0.3) is 11.0 Å². The molecule has 0 atom stereocenters. The lowest BCUT2D eigenvalue weighted by Crippen LogP contribution is -2.26. The molecule has 0 radical (unpaired) electrons. The van der Waals surface area contributed by atoms with Crippen molar-refractivity contribution < 1.29 is 9.53 Å². The molecule has 3 aromatic rings. The second-order valence-corrected chi connectivity index (χ2v) is 6.53. The molecule has 7 nitrogen and oxygen atoms in total. The Morgan fingerprint density at radius 3 is 2.29 bits per heavy atom. The third kappa shape index (κ3) is 4.43. The van der Waals surface area contributed by atoms with Crippen LogP contribution < -0.4 is 21.5 Å². The van der Waals surface area contributed by atoms with E-state index in [1.165, 1.54) is 0 Å². The van der Waals surface area contributed by atoms with E-state index in [-0.39, 0.29) is 18.0 Å². The second kappa shape index (κ2) is 9.23. The highest BCUT2D eigenvalue weighted by molar-refractivity contribution is 5.90. The van der Waals surface area contributed by atoms with E-state index in [9.17, 15) is 9.59 Å². The summed E-state index contributed by atoms with van der Waals surface area (Å²) in [7, 11) is 0. The molecule has 0 bridgehead atoms. The van der Waals surface area contributed by atoms with E-state index >= 15 is 0 Å². The highest BCUT2D eigenvalue weighted by Crippen LogP contribution is 2.16. The molecule has 0 spiro atoms. The number of nitrogens with zero attached hydrogens (tertiary/aromatic N) is 2. The molecule has 0 aliphatic heterocycles. The van der Waals surface area contributed by atoms with Crippen LogP contribution in [-0.2, 0) is 17.9 Å². The van der Waals surface area contributed by atoms with E-state index in [0.29, 0.717) is 37.7 Å². The maximum atomic E-state index is 12.7. The van der Waals surface area contributed by atoms with Crippen LogP contribution in [0.1, 0.15) is 19.8 Å². The van der Waals surface area contributed by atoms with E-state index in [1.807, 2.05) is 31.2 Å². The summed E-state index contributed by atoms with van der Waals surface area (Å²) >= 11 is 0. The number of amides is 1. The van der Waals surface area contributed by atoms with Gasteiger partial charge in [-0.3, -0.25) is 13.9 Å². The van der Waals surface area contributed by atoms with Crippen molar-refractivity contribution in [3.05, 3.63) is 59.0 Å². The van der Waals surface area contributed by atoms with Crippen molar-refractivity contribution in [2.75, 3.05) is 18.5 Å². The minimum Gasteiger partial charge on any atom is -0.492 e. The topological polar surface area (TPSA) is 91.3 Å². The smallest absolute Gasteiger partial charge is 0.329 e. The Morgan fingerprint density at radius 1 is 1.04 bits per heavy atom. The first kappa shape index (κ1) is 19.7. The number of aryl methyl sites for hydroxylation is 2. The van der Waals surface area contributed by atoms with E-state index in [4.69, 9.17) is 10.5 Å². The van der Waals surface area contributed by atoms with Gasteiger partial charge in [0, 0.05) is 31.7 Å². The molecular weight excluding hydrogens is 356 g/mol. The fourth-order valence-corrected chi connectivity index (χ4v) is 3.18. The summed E-state index contributed by atoms with van der Waals surface area (Å²) in [4.78, 5) is 25.1. The van der Waals surface area contributed by atoms with Gasteiger partial charge < -0.3 is 15.8 Å². The maximum absolute atomic E-state index is 12.7. The predicted molar refractivity (Wildman–Crippen MR) is 111 cm³/mol. The number of ether oxygens (including phenoxy) is 1. The Labute approximate surface area is 163 Å². The average molecular weight is 382 g/mol. The minimum atomic E-state index is -0.144. The first-order chi connectivity index (χ1) is 13.6. The highest BCUT2D eigenvalue weighted by atomic mass is 16.5. The van der Waals surface area contributed by atoms with Crippen molar-refractivity contribution in [1.29, 1.82) is 0 Å². The van der Waals surface area contributed by atoms with Crippen molar-refractivity contribution in [2.45, 2.75) is 32.9 Å². The number of aromatic nitrogens is 2. The number of rotatable bonds is 9. The number of nitrogens with two attached hydrogens (primary N) is 1. The number of imidazole rings is 1. The molecule has 148 valence electrons. The first-order valence-corrected chi connectivity index (χ1v) is 9.55. The van der Waals surface area contributed by atoms with E-state index < -0.39 is 0 Å². The largest absolute Gasteiger partial charge is 0.492 e. The number of benzene rings is 2. The summed E-state index contributed by atoms with van der Waals surface area (Å²) < 4.78 is 8.86. The van der Waals surface area contributed by atoms with Gasteiger partial charge in [-0.2, -0.15) is 0 Å². The molecule has 3 N–H and O–H groups in total. The molecule has 0 aliphatic rings. The predicted octanol–water partition coefficient (Wildman–Crippen LogP) is 2.58. The molecule has 1 amide bonds. The van der Waals surface area contributed by atoms with Gasteiger partial charge in [0.15, 0.2) is 0 Å². The van der Waals surface area contributed by atoms with Crippen molar-refractivity contribution in [3.63, 3.8) is 0 Å². The fourth-order valence-electron chi connectivity index (χ4n) is 3.18. The molecular formula is C21H26N4O3. The Morgan fingerprint density at radius 2 is 1.68 bits per heavy atom. The quantitative estimate of drug-likeness (QED) is 0.595. The summed E-state index contributed by atoms with van der Waals surface area (Å²) in [5.74, 6) is 0.564. The summed E-state index contributed by atoms with van der Waals surface area (Å²) in [6.07, 6.45) is 1.09. The average Bonchev–Trinajstić information content (AvgIpc) is 2.97. The molecule has 7 heteroatoms. The SMILES string of the molecule is CCCn1c(=O)n(CCC(=O)Nc2ccc(OCCN)cc2)c2ccccc21. The number of fused-ring (bicyclic) bond motifs is 1. The summed E-state index contributed by atoms with van der Waals surface area (Å²) in [5.41, 5.74) is 7.79. The van der Waals surface area contributed by atoms with Crippen molar-refractivity contribution >= 4 is 22.6 Å². The number of hydrogen-bond donors (Lipinski definition) is 2. The van der Waals surface area contributed by atoms with Crippen molar-refractivity contribution in [3.8, 4) is 5.75 Å². The Kier molecular flexibility index (Phi) is 6.49. The zero-order valence-corrected chi connectivity index (χ0v) is 16.1. The van der Waals surface area contributed by atoms with Gasteiger partial charge in [-0.25, -0.2) is 4.79 Å². The van der Waals surface area contributed by atoms with Crippen molar-refractivity contribution in [1.82, 2.24) is 9.13 Å². The standard InChI is InChI=1S/C21H26N4O3/c1-2-13-24-18-5-3-4-6-19(18)25(21(24)27)14-11-20(26)23-16-7-9-17(10-8-16)28-15-12-22/h3-10H,2,11-15,22H2,1H3,(H,23,26). The van der Waals surface area contributed by atoms with Gasteiger partial charge in [0.1, 0.15) is 12.4 Å². The lowest BCUT2D eigenvalue weighted by atomic mass is 10.2. The van der Waals surface area contributed by atoms with E-state index in [0.717, 1.165) is 17.5 Å². The van der Waals surface area contributed by atoms with Gasteiger partial charge in [-0.1, -0.05) is 19.1 Å². The van der Waals surface area contributed by atoms with Crippen LogP contribution in [0.15, 0.2) is 53.3 Å². The van der Waals surface area contributed by atoms with E-state index in [2.05, 4.69) is 5.32 Å². The molecule has 0 fully saturated rings. The van der Waals surface area contributed by atoms with Gasteiger partial charge in [0.25, 0.3) is 0 Å². The number of para-hydroxylation sites is 2. The molecule has 3 rings (SSSR count). The van der Waals surface area contributed by atoms with Crippen LogP contribution in [0.3, 0.4) is 0 Å². The first-order valence-electron chi connectivity index (χ1n) is 9.55. The molecule has 0 saturated heterocycles. The fraction of sp³-hybridized carbons (Fsp3) is 0.333. The van der Waals surface area contributed by atoms with Crippen molar-refractivity contribution in [2.24, 2.45) is 5.73 Å². The van der Waals surface area contributed by atoms with Gasteiger partial charge in [0.2, 0.25) is 5.91 Å². The summed E-state index contributed by atoms with van der Waals surface area (Å²) in [5, 5.41) is 2.85. The van der Waals surface area contributed by atoms with E-state index in [1.54, 1.807) is 33.4 Å². The lowest BCUT2D eigenvalue weighted by Gasteiger charge is -2.08. The number of carbonyl (C=O) groups excluding carboxylic acids is 1. The molecule has 0 unspecified atom stereocenters. The van der Waals surface area contributed by atoms with Crippen LogP contribution in [-0.4, -0.2) is 28.2 Å². The minimum absolute atomic E-state index is 0.0720. The number of carbonyl (C=O) groups is 1. The summed E-state index contributed by atoms with van der Waals surface area (Å²) in [6.45, 7) is 3.94. The summed E-state index contributed by atoms with van der Waals surface area (Å²) in [6, 6.07) is 14.8. The molecule has 1 heterocycles. The maximum Gasteiger partial charge on any atom is 0.329 e. The van der Waals surface area contributed by atoms with Gasteiger partial charge in [0.05, 0.1) is 11.0 Å². The van der Waals surface area contributed by atoms with Gasteiger partial charge in [-0.05, 0) is 42.8 Å². The Balaban J connectivity index is 1.66. The normalized spacial score (nSPS) is 10.9. The highest BCUT2D eigenvalue weighted by Gasteiger charge is 2.13. The second-order valence-electron chi connectivity index (χ2n) is 6.53. The van der Waals surface area contributed by atoms with Crippen LogP contribution >= 0.6 is 0 Å².